The number of anilines is 1. The molecule has 0 aliphatic carbocycles. The molecule has 0 bridgehead atoms. The maximum Gasteiger partial charge on any atom is 0.265 e. The second-order valence-corrected chi connectivity index (χ2v) is 5.86. The summed E-state index contributed by atoms with van der Waals surface area (Å²) in [6.45, 7) is 3.85. The molecule has 0 saturated heterocycles. The lowest BCUT2D eigenvalue weighted by molar-refractivity contribution is 0.103. The Morgan fingerprint density at radius 2 is 2.05 bits per heavy atom. The number of halogens is 1. The summed E-state index contributed by atoms with van der Waals surface area (Å²) >= 11 is 7.49. The fourth-order valence-electron chi connectivity index (χ4n) is 1.67. The number of benzene rings is 1. The van der Waals surface area contributed by atoms with Gasteiger partial charge in [0.15, 0.2) is 0 Å². The largest absolute Gasteiger partial charge is 0.495 e. The average molecular weight is 296 g/mol. The molecule has 0 fully saturated rings. The molecule has 19 heavy (non-hydrogen) atoms. The molecule has 0 radical (unpaired) electrons. The van der Waals surface area contributed by atoms with Gasteiger partial charge in [0.1, 0.15) is 5.75 Å². The van der Waals surface area contributed by atoms with Gasteiger partial charge in [-0.15, -0.1) is 11.3 Å². The smallest absolute Gasteiger partial charge is 0.265 e. The second-order valence-electron chi connectivity index (χ2n) is 4.17. The van der Waals surface area contributed by atoms with Gasteiger partial charge < -0.3 is 10.1 Å². The number of ether oxygens (including phenoxy) is 1. The summed E-state index contributed by atoms with van der Waals surface area (Å²) in [6.07, 6.45) is 0. The van der Waals surface area contributed by atoms with Crippen LogP contribution in [0.1, 0.15) is 20.1 Å². The highest BCUT2D eigenvalue weighted by Gasteiger charge is 2.13. The molecule has 1 heterocycles. The third-order valence-electron chi connectivity index (χ3n) is 2.69. The van der Waals surface area contributed by atoms with E-state index in [4.69, 9.17) is 16.3 Å². The molecule has 0 saturated carbocycles. The fraction of sp³-hybridized carbons (Fsp3) is 0.214. The molecule has 5 heteroatoms. The van der Waals surface area contributed by atoms with E-state index in [0.717, 1.165) is 10.4 Å². The molecule has 1 amide bonds. The first-order valence-electron chi connectivity index (χ1n) is 5.73. The minimum absolute atomic E-state index is 0.141. The maximum absolute atomic E-state index is 12.1. The van der Waals surface area contributed by atoms with Crippen LogP contribution in [-0.4, -0.2) is 13.0 Å². The topological polar surface area (TPSA) is 38.3 Å². The van der Waals surface area contributed by atoms with Gasteiger partial charge in [-0.1, -0.05) is 11.6 Å². The van der Waals surface area contributed by atoms with Crippen molar-refractivity contribution >= 4 is 34.5 Å². The van der Waals surface area contributed by atoms with E-state index in [0.29, 0.717) is 21.3 Å². The van der Waals surface area contributed by atoms with Crippen LogP contribution in [0.4, 0.5) is 5.69 Å². The predicted octanol–water partition coefficient (Wildman–Crippen LogP) is 4.28. The monoisotopic (exact) mass is 295 g/mol. The van der Waals surface area contributed by atoms with Gasteiger partial charge in [-0.05, 0) is 37.6 Å². The van der Waals surface area contributed by atoms with Gasteiger partial charge in [-0.25, -0.2) is 0 Å². The number of carbonyl (C=O) groups excluding carboxylic acids is 1. The first-order valence-corrected chi connectivity index (χ1v) is 6.92. The number of hydrogen-bond acceptors (Lipinski definition) is 3. The Morgan fingerprint density at radius 1 is 1.32 bits per heavy atom. The second kappa shape index (κ2) is 5.63. The molecular weight excluding hydrogens is 282 g/mol. The molecule has 2 rings (SSSR count). The number of aryl methyl sites for hydroxylation is 2. The third-order valence-corrected chi connectivity index (χ3v) is 4.10. The predicted molar refractivity (Wildman–Crippen MR) is 79.8 cm³/mol. The molecule has 0 aliphatic heterocycles. The first-order chi connectivity index (χ1) is 9.01. The minimum Gasteiger partial charge on any atom is -0.495 e. The SMILES string of the molecule is COc1cc(Cl)c(C)cc1NC(=O)c1ccc(C)s1. The fourth-order valence-corrected chi connectivity index (χ4v) is 2.59. The summed E-state index contributed by atoms with van der Waals surface area (Å²) < 4.78 is 5.23. The van der Waals surface area contributed by atoms with Crippen LogP contribution in [-0.2, 0) is 0 Å². The highest BCUT2D eigenvalue weighted by atomic mass is 35.5. The van der Waals surface area contributed by atoms with E-state index in [9.17, 15) is 4.79 Å². The number of thiophene rings is 1. The van der Waals surface area contributed by atoms with E-state index in [2.05, 4.69) is 5.32 Å². The Hall–Kier alpha value is -1.52. The van der Waals surface area contributed by atoms with Crippen molar-refractivity contribution in [2.24, 2.45) is 0 Å². The Balaban J connectivity index is 2.28. The van der Waals surface area contributed by atoms with E-state index in [1.165, 1.54) is 11.3 Å². The van der Waals surface area contributed by atoms with Gasteiger partial charge in [0.25, 0.3) is 5.91 Å². The van der Waals surface area contributed by atoms with Crippen LogP contribution in [0.3, 0.4) is 0 Å². The van der Waals surface area contributed by atoms with E-state index in [1.807, 2.05) is 26.0 Å². The van der Waals surface area contributed by atoms with Gasteiger partial charge in [-0.2, -0.15) is 0 Å². The summed E-state index contributed by atoms with van der Waals surface area (Å²) in [5, 5.41) is 3.46. The number of amides is 1. The molecule has 100 valence electrons. The van der Waals surface area contributed by atoms with Crippen molar-refractivity contribution in [2.75, 3.05) is 12.4 Å². The summed E-state index contributed by atoms with van der Waals surface area (Å²) in [4.78, 5) is 13.9. The number of carbonyl (C=O) groups is 1. The van der Waals surface area contributed by atoms with Crippen molar-refractivity contribution in [2.45, 2.75) is 13.8 Å². The van der Waals surface area contributed by atoms with E-state index >= 15 is 0 Å². The van der Waals surface area contributed by atoms with Crippen LogP contribution in [0, 0.1) is 13.8 Å². The molecule has 0 spiro atoms. The van der Waals surface area contributed by atoms with Crippen LogP contribution in [0.25, 0.3) is 0 Å². The van der Waals surface area contributed by atoms with Gasteiger partial charge in [0.2, 0.25) is 0 Å². The standard InChI is InChI=1S/C14H14ClNO2S/c1-8-6-11(12(18-3)7-10(8)15)16-14(17)13-5-4-9(2)19-13/h4-7H,1-3H3,(H,16,17). The molecular formula is C14H14ClNO2S. The van der Waals surface area contributed by atoms with Gasteiger partial charge in [-0.3, -0.25) is 4.79 Å². The average Bonchev–Trinajstić information content (AvgIpc) is 2.80. The Kier molecular flexibility index (Phi) is 4.12. The van der Waals surface area contributed by atoms with E-state index in [-0.39, 0.29) is 5.91 Å². The summed E-state index contributed by atoms with van der Waals surface area (Å²) in [7, 11) is 1.55. The van der Waals surface area contributed by atoms with Crippen LogP contribution >= 0.6 is 22.9 Å². The van der Waals surface area contributed by atoms with Crippen molar-refractivity contribution in [3.8, 4) is 5.75 Å². The lowest BCUT2D eigenvalue weighted by Gasteiger charge is -2.11. The summed E-state index contributed by atoms with van der Waals surface area (Å²) in [5.74, 6) is 0.412. The van der Waals surface area contributed by atoms with Gasteiger partial charge >= 0.3 is 0 Å². The zero-order valence-electron chi connectivity index (χ0n) is 10.9. The maximum atomic E-state index is 12.1. The van der Waals surface area contributed by atoms with Crippen molar-refractivity contribution < 1.29 is 9.53 Å². The minimum atomic E-state index is -0.141. The normalized spacial score (nSPS) is 10.3. The number of hydrogen-bond donors (Lipinski definition) is 1. The molecule has 1 N–H and O–H groups in total. The van der Waals surface area contributed by atoms with Crippen LogP contribution in [0.2, 0.25) is 5.02 Å². The molecule has 0 unspecified atom stereocenters. The molecule has 3 nitrogen and oxygen atoms in total. The van der Waals surface area contributed by atoms with Crippen molar-refractivity contribution in [3.63, 3.8) is 0 Å². The molecule has 1 aromatic carbocycles. The van der Waals surface area contributed by atoms with Crippen molar-refractivity contribution in [1.29, 1.82) is 0 Å². The van der Waals surface area contributed by atoms with Gasteiger partial charge in [0.05, 0.1) is 17.7 Å². The van der Waals surface area contributed by atoms with Crippen LogP contribution in [0.5, 0.6) is 5.75 Å². The molecule has 2 aromatic rings. The van der Waals surface area contributed by atoms with Crippen molar-refractivity contribution in [3.05, 3.63) is 44.6 Å². The van der Waals surface area contributed by atoms with Crippen LogP contribution < -0.4 is 10.1 Å². The molecule has 0 atom stereocenters. The zero-order valence-corrected chi connectivity index (χ0v) is 12.5. The number of rotatable bonds is 3. The number of methoxy groups -OCH3 is 1. The van der Waals surface area contributed by atoms with Crippen molar-refractivity contribution in [1.82, 2.24) is 0 Å². The number of nitrogens with one attached hydrogen (secondary N) is 1. The molecule has 0 aliphatic rings. The lowest BCUT2D eigenvalue weighted by atomic mass is 10.2. The van der Waals surface area contributed by atoms with Crippen LogP contribution in [0.15, 0.2) is 24.3 Å². The third kappa shape index (κ3) is 3.08. The zero-order chi connectivity index (χ0) is 14.0. The van der Waals surface area contributed by atoms with E-state index in [1.54, 1.807) is 19.2 Å². The Labute approximate surface area is 121 Å². The summed E-state index contributed by atoms with van der Waals surface area (Å²) in [6, 6.07) is 7.24. The molecule has 1 aromatic heterocycles. The summed E-state index contributed by atoms with van der Waals surface area (Å²) in [5.41, 5.74) is 1.51. The highest BCUT2D eigenvalue weighted by Crippen LogP contribution is 2.31. The Morgan fingerprint density at radius 3 is 2.63 bits per heavy atom. The highest BCUT2D eigenvalue weighted by molar-refractivity contribution is 7.14. The van der Waals surface area contributed by atoms with E-state index < -0.39 is 0 Å². The van der Waals surface area contributed by atoms with Gasteiger partial charge in [0, 0.05) is 16.0 Å². The lowest BCUT2D eigenvalue weighted by Crippen LogP contribution is -2.11. The quantitative estimate of drug-likeness (QED) is 0.918. The Bertz CT molecular complexity index is 622. The first kappa shape index (κ1) is 13.9.